The van der Waals surface area contributed by atoms with Crippen LogP contribution in [-0.2, 0) is 15.5 Å². The van der Waals surface area contributed by atoms with Crippen LogP contribution < -0.4 is 9.64 Å². The van der Waals surface area contributed by atoms with Crippen LogP contribution >= 0.6 is 0 Å². The molecule has 0 saturated carbocycles. The number of halogens is 1. The molecule has 1 aliphatic rings. The third-order valence-corrected chi connectivity index (χ3v) is 4.73. The molecule has 2 unspecified atom stereocenters. The lowest BCUT2D eigenvalue weighted by Gasteiger charge is -2.26. The van der Waals surface area contributed by atoms with Crippen LogP contribution in [0.3, 0.4) is 0 Å². The highest BCUT2D eigenvalue weighted by molar-refractivity contribution is 7.90. The molecule has 0 fully saturated rings. The van der Waals surface area contributed by atoms with E-state index in [4.69, 9.17) is 9.52 Å². The fourth-order valence-corrected chi connectivity index (χ4v) is 3.51. The van der Waals surface area contributed by atoms with E-state index in [0.29, 0.717) is 16.8 Å². The Bertz CT molecular complexity index is 1020. The molecule has 2 aromatic rings. The van der Waals surface area contributed by atoms with Gasteiger partial charge in [-0.3, -0.25) is 9.68 Å². The summed E-state index contributed by atoms with van der Waals surface area (Å²) in [7, 11) is -1.27. The fourth-order valence-electron chi connectivity index (χ4n) is 2.70. The van der Waals surface area contributed by atoms with Crippen molar-refractivity contribution in [1.29, 1.82) is 4.78 Å². The average molecular weight is 390 g/mol. The summed E-state index contributed by atoms with van der Waals surface area (Å²) in [4.78, 5) is 9.84. The number of methoxy groups -OCH3 is 1. The second kappa shape index (κ2) is 7.45. The smallest absolute Gasteiger partial charge is 0.232 e. The lowest BCUT2D eigenvalue weighted by molar-refractivity contribution is 0.194. The lowest BCUT2D eigenvalue weighted by Crippen LogP contribution is -2.36. The van der Waals surface area contributed by atoms with Gasteiger partial charge in [0.25, 0.3) is 0 Å². The van der Waals surface area contributed by atoms with Gasteiger partial charge in [-0.15, -0.1) is 0 Å². The van der Waals surface area contributed by atoms with E-state index in [9.17, 15) is 13.7 Å². The number of aliphatic hydroxyl groups is 1. The molecular formula is C18H19FN4O3S. The number of aliphatic hydroxyl groups excluding tert-OH is 1. The highest BCUT2D eigenvalue weighted by Crippen LogP contribution is 2.25. The van der Waals surface area contributed by atoms with Gasteiger partial charge in [0.05, 0.1) is 18.4 Å². The maximum absolute atomic E-state index is 13.4. The van der Waals surface area contributed by atoms with E-state index in [1.807, 2.05) is 0 Å². The maximum Gasteiger partial charge on any atom is 0.232 e. The molecule has 3 rings (SSSR count). The Balaban J connectivity index is 1.88. The Morgan fingerprint density at radius 1 is 1.33 bits per heavy atom. The molecule has 1 heterocycles. The van der Waals surface area contributed by atoms with Crippen LogP contribution in [0.1, 0.15) is 11.1 Å². The summed E-state index contributed by atoms with van der Waals surface area (Å²) >= 11 is 0. The third kappa shape index (κ3) is 4.50. The lowest BCUT2D eigenvalue weighted by atomic mass is 10.1. The summed E-state index contributed by atoms with van der Waals surface area (Å²) in [6.45, 7) is 0. The van der Waals surface area contributed by atoms with Gasteiger partial charge >= 0.3 is 0 Å². The summed E-state index contributed by atoms with van der Waals surface area (Å²) in [5.41, 5.74) is 1.77. The van der Waals surface area contributed by atoms with E-state index in [2.05, 4.69) is 9.98 Å². The third-order valence-electron chi connectivity index (χ3n) is 3.85. The molecule has 0 amide bonds. The van der Waals surface area contributed by atoms with Crippen molar-refractivity contribution < 1.29 is 18.4 Å². The number of ether oxygens (including phenoxy) is 1. The summed E-state index contributed by atoms with van der Waals surface area (Å²) < 4.78 is 37.8. The number of nitrogens with one attached hydrogen (secondary N) is 1. The van der Waals surface area contributed by atoms with E-state index in [1.165, 1.54) is 42.8 Å². The number of nitrogens with zero attached hydrogens (tertiary/aromatic N) is 3. The summed E-state index contributed by atoms with van der Waals surface area (Å²) in [6.07, 6.45) is 1.55. The zero-order valence-electron chi connectivity index (χ0n) is 14.8. The minimum atomic E-state index is -2.68. The van der Waals surface area contributed by atoms with Crippen LogP contribution in [-0.4, -0.2) is 41.2 Å². The maximum atomic E-state index is 13.4. The van der Waals surface area contributed by atoms with Crippen LogP contribution in [0.15, 0.2) is 52.4 Å². The number of hydrogen-bond acceptors (Lipinski definition) is 7. The highest BCUT2D eigenvalue weighted by atomic mass is 32.2. The number of hydrogen-bond donors (Lipinski definition) is 2. The molecule has 0 saturated heterocycles. The standard InChI is InChI=1S/C18H19FN4O3S/c1-26-16-9-13(19)6-7-15(16)17-21-11-23(18(24)22-17)14-5-3-4-12(8-14)10-27(2,20)25/h3-9,11,18,20,24H,10H2,1-2H3. The molecule has 0 radical (unpaired) electrons. The summed E-state index contributed by atoms with van der Waals surface area (Å²) in [5.74, 6) is 0.150. The van der Waals surface area contributed by atoms with Gasteiger partial charge in [-0.05, 0) is 29.8 Å². The van der Waals surface area contributed by atoms with Gasteiger partial charge in [0.1, 0.15) is 17.9 Å². The predicted molar refractivity (Wildman–Crippen MR) is 103 cm³/mol. The van der Waals surface area contributed by atoms with Crippen LogP contribution in [0.25, 0.3) is 0 Å². The SMILES string of the molecule is COc1cc(F)ccc1C1=NC(O)N(c2cccc(CS(C)(=N)=O)c2)C=N1. The van der Waals surface area contributed by atoms with Crippen molar-refractivity contribution in [3.63, 3.8) is 0 Å². The second-order valence-corrected chi connectivity index (χ2v) is 8.41. The highest BCUT2D eigenvalue weighted by Gasteiger charge is 2.22. The van der Waals surface area contributed by atoms with Crippen LogP contribution in [0, 0.1) is 10.6 Å². The van der Waals surface area contributed by atoms with Crippen LogP contribution in [0.4, 0.5) is 10.1 Å². The van der Waals surface area contributed by atoms with Crippen molar-refractivity contribution in [2.24, 2.45) is 9.98 Å². The minimum absolute atomic E-state index is 0.114. The van der Waals surface area contributed by atoms with E-state index in [0.717, 1.165) is 0 Å². The van der Waals surface area contributed by atoms with Crippen molar-refractivity contribution in [3.8, 4) is 5.75 Å². The van der Waals surface area contributed by atoms with Gasteiger partial charge in [0.15, 0.2) is 5.84 Å². The number of amidine groups is 1. The van der Waals surface area contributed by atoms with E-state index in [1.54, 1.807) is 24.3 Å². The Labute approximate surface area is 156 Å². The van der Waals surface area contributed by atoms with Crippen molar-refractivity contribution in [2.45, 2.75) is 12.1 Å². The summed E-state index contributed by atoms with van der Waals surface area (Å²) in [5, 5.41) is 10.4. The number of rotatable bonds is 5. The van der Waals surface area contributed by atoms with E-state index >= 15 is 0 Å². The molecule has 9 heteroatoms. The first-order chi connectivity index (χ1) is 12.8. The normalized spacial score (nSPS) is 18.7. The van der Waals surface area contributed by atoms with Gasteiger partial charge in [0.2, 0.25) is 6.35 Å². The molecular weight excluding hydrogens is 371 g/mol. The van der Waals surface area contributed by atoms with Gasteiger partial charge in [-0.1, -0.05) is 12.1 Å². The minimum Gasteiger partial charge on any atom is -0.496 e. The molecule has 0 aromatic heterocycles. The Morgan fingerprint density at radius 2 is 2.11 bits per heavy atom. The molecule has 27 heavy (non-hydrogen) atoms. The number of benzene rings is 2. The van der Waals surface area contributed by atoms with Gasteiger partial charge in [-0.2, -0.15) is 0 Å². The van der Waals surface area contributed by atoms with Gasteiger partial charge in [-0.25, -0.2) is 18.6 Å². The largest absolute Gasteiger partial charge is 0.496 e. The van der Waals surface area contributed by atoms with Crippen molar-refractivity contribution >= 4 is 27.6 Å². The molecule has 7 nitrogen and oxygen atoms in total. The number of anilines is 1. The van der Waals surface area contributed by atoms with Crippen LogP contribution in [0.5, 0.6) is 5.75 Å². The van der Waals surface area contributed by atoms with Crippen molar-refractivity contribution in [1.82, 2.24) is 0 Å². The molecule has 1 aliphatic heterocycles. The molecule has 0 aliphatic carbocycles. The predicted octanol–water partition coefficient (Wildman–Crippen LogP) is 2.58. The molecule has 2 atom stereocenters. The first-order valence-corrected chi connectivity index (χ1v) is 10.1. The monoisotopic (exact) mass is 390 g/mol. The quantitative estimate of drug-likeness (QED) is 0.820. The molecule has 142 valence electrons. The Kier molecular flexibility index (Phi) is 5.24. The molecule has 2 N–H and O–H groups in total. The van der Waals surface area contributed by atoms with Crippen LogP contribution in [0.2, 0.25) is 0 Å². The zero-order chi connectivity index (χ0) is 19.6. The van der Waals surface area contributed by atoms with Gasteiger partial charge in [0, 0.05) is 27.7 Å². The zero-order valence-corrected chi connectivity index (χ0v) is 15.6. The average Bonchev–Trinajstić information content (AvgIpc) is 2.60. The second-order valence-electron chi connectivity index (χ2n) is 6.11. The Hall–Kier alpha value is -2.78. The first-order valence-electron chi connectivity index (χ1n) is 7.99. The Morgan fingerprint density at radius 3 is 2.78 bits per heavy atom. The van der Waals surface area contributed by atoms with Crippen molar-refractivity contribution in [2.75, 3.05) is 18.3 Å². The fraction of sp³-hybridized carbons (Fsp3) is 0.222. The topological polar surface area (TPSA) is 98.3 Å². The molecule has 2 aromatic carbocycles. The summed E-state index contributed by atoms with van der Waals surface area (Å²) in [6, 6.07) is 11.0. The molecule has 0 bridgehead atoms. The van der Waals surface area contributed by atoms with E-state index in [-0.39, 0.29) is 17.3 Å². The van der Waals surface area contributed by atoms with E-state index < -0.39 is 21.9 Å². The van der Waals surface area contributed by atoms with Crippen molar-refractivity contribution in [3.05, 3.63) is 59.4 Å². The molecule has 0 spiro atoms. The van der Waals surface area contributed by atoms with Gasteiger partial charge < -0.3 is 9.84 Å². The number of aliphatic imine (C=N–C) groups is 2. The first kappa shape index (κ1) is 19.0.